The molecule has 0 unspecified atom stereocenters. The van der Waals surface area contributed by atoms with Crippen LogP contribution in [-0.4, -0.2) is 31.0 Å². The minimum atomic E-state index is -3.69. The van der Waals surface area contributed by atoms with Crippen molar-refractivity contribution in [3.63, 3.8) is 0 Å². The van der Waals surface area contributed by atoms with E-state index in [0.717, 1.165) is 21.6 Å². The molecule has 0 fully saturated rings. The molecule has 0 aliphatic rings. The number of rotatable bonds is 9. The zero-order valence-corrected chi connectivity index (χ0v) is 18.5. The Balaban J connectivity index is 1.50. The first-order chi connectivity index (χ1) is 13.9. The quantitative estimate of drug-likeness (QED) is 0.375. The average Bonchev–Trinajstić information content (AvgIpc) is 3.14. The van der Waals surface area contributed by atoms with Gasteiger partial charge >= 0.3 is 0 Å². The van der Waals surface area contributed by atoms with E-state index >= 15 is 0 Å². The van der Waals surface area contributed by atoms with E-state index in [4.69, 9.17) is 9.88 Å². The van der Waals surface area contributed by atoms with Crippen molar-refractivity contribution in [2.45, 2.75) is 29.5 Å². The number of thioether (sulfide) groups is 1. The van der Waals surface area contributed by atoms with E-state index in [9.17, 15) is 8.42 Å². The summed E-state index contributed by atoms with van der Waals surface area (Å²) in [5.74, 6) is 1.28. The molecule has 0 bridgehead atoms. The van der Waals surface area contributed by atoms with E-state index in [1.165, 1.54) is 34.6 Å². The molecule has 154 valence electrons. The van der Waals surface area contributed by atoms with Crippen LogP contribution in [0.3, 0.4) is 0 Å². The molecule has 2 aromatic carbocycles. The highest BCUT2D eigenvalue weighted by Crippen LogP contribution is 2.30. The maximum absolute atomic E-state index is 11.2. The van der Waals surface area contributed by atoms with Crippen molar-refractivity contribution >= 4 is 43.9 Å². The van der Waals surface area contributed by atoms with Crippen LogP contribution in [0.15, 0.2) is 51.7 Å². The summed E-state index contributed by atoms with van der Waals surface area (Å²) < 4.78 is 29.0. The molecule has 1 aromatic heterocycles. The van der Waals surface area contributed by atoms with Crippen LogP contribution < -0.4 is 15.2 Å². The highest BCUT2D eigenvalue weighted by molar-refractivity contribution is 8.01. The Morgan fingerprint density at radius 3 is 2.62 bits per heavy atom. The van der Waals surface area contributed by atoms with Crippen LogP contribution >= 0.6 is 23.1 Å². The van der Waals surface area contributed by atoms with Gasteiger partial charge in [0.05, 0.1) is 11.5 Å². The van der Waals surface area contributed by atoms with Gasteiger partial charge in [0.25, 0.3) is 0 Å². The summed E-state index contributed by atoms with van der Waals surface area (Å²) in [5.41, 5.74) is 3.51. The Morgan fingerprint density at radius 2 is 1.93 bits per heavy atom. The van der Waals surface area contributed by atoms with Crippen LogP contribution in [0.1, 0.15) is 18.1 Å². The van der Waals surface area contributed by atoms with Gasteiger partial charge < -0.3 is 10.1 Å². The molecule has 0 aliphatic heterocycles. The molecule has 3 rings (SSSR count). The number of ether oxygens (including phenoxy) is 1. The van der Waals surface area contributed by atoms with Gasteiger partial charge in [0.1, 0.15) is 5.75 Å². The number of hydrogen-bond acceptors (Lipinski definition) is 8. The number of sulfonamides is 1. The SMILES string of the molecule is CCc1cccc(C)c1Nc1nnc(SCCOc2ccc(S(N)(=O)=O)cc2)s1. The highest BCUT2D eigenvalue weighted by Gasteiger charge is 2.10. The van der Waals surface area contributed by atoms with E-state index in [1.807, 2.05) is 0 Å². The number of primary sulfonamides is 1. The van der Waals surface area contributed by atoms with Gasteiger partial charge in [-0.3, -0.25) is 0 Å². The molecule has 0 saturated heterocycles. The summed E-state index contributed by atoms with van der Waals surface area (Å²) in [4.78, 5) is 0.0630. The molecule has 0 aliphatic carbocycles. The summed E-state index contributed by atoms with van der Waals surface area (Å²) >= 11 is 3.06. The van der Waals surface area contributed by atoms with E-state index < -0.39 is 10.0 Å². The standard InChI is InChI=1S/C19H22N4O3S3/c1-3-14-6-4-5-13(2)17(14)21-18-22-23-19(28-18)27-12-11-26-15-7-9-16(10-8-15)29(20,24)25/h4-10H,3,11-12H2,1-2H3,(H,21,22)(H2,20,24,25). The molecule has 3 N–H and O–H groups in total. The molecule has 3 aromatic rings. The van der Waals surface area contributed by atoms with Crippen LogP contribution in [-0.2, 0) is 16.4 Å². The predicted molar refractivity (Wildman–Crippen MR) is 118 cm³/mol. The first-order valence-electron chi connectivity index (χ1n) is 8.94. The van der Waals surface area contributed by atoms with Crippen molar-refractivity contribution in [2.75, 3.05) is 17.7 Å². The number of nitrogens with zero attached hydrogens (tertiary/aromatic N) is 2. The maximum atomic E-state index is 11.2. The second-order valence-corrected chi connectivity index (χ2v) is 10.1. The molecule has 29 heavy (non-hydrogen) atoms. The first kappa shape index (κ1) is 21.6. The lowest BCUT2D eigenvalue weighted by Gasteiger charge is -2.11. The molecular weight excluding hydrogens is 428 g/mol. The van der Waals surface area contributed by atoms with Crippen molar-refractivity contribution < 1.29 is 13.2 Å². The Kier molecular flexibility index (Phi) is 7.12. The predicted octanol–water partition coefficient (Wildman–Crippen LogP) is 3.97. The lowest BCUT2D eigenvalue weighted by atomic mass is 10.1. The van der Waals surface area contributed by atoms with E-state index in [2.05, 4.69) is 47.6 Å². The first-order valence-corrected chi connectivity index (χ1v) is 12.3. The van der Waals surface area contributed by atoms with Gasteiger partial charge in [-0.2, -0.15) is 0 Å². The second-order valence-electron chi connectivity index (χ2n) is 6.17. The van der Waals surface area contributed by atoms with Gasteiger partial charge in [0.2, 0.25) is 15.2 Å². The van der Waals surface area contributed by atoms with E-state index in [-0.39, 0.29) is 4.90 Å². The van der Waals surface area contributed by atoms with Gasteiger partial charge in [-0.1, -0.05) is 48.2 Å². The van der Waals surface area contributed by atoms with Crippen LogP contribution in [0, 0.1) is 6.92 Å². The van der Waals surface area contributed by atoms with Crippen LogP contribution in [0.2, 0.25) is 0 Å². The number of nitrogens with two attached hydrogens (primary N) is 1. The van der Waals surface area contributed by atoms with Gasteiger partial charge in [-0.05, 0) is 48.7 Å². The number of aromatic nitrogens is 2. The fourth-order valence-electron chi connectivity index (χ4n) is 2.64. The average molecular weight is 451 g/mol. The molecule has 0 spiro atoms. The lowest BCUT2D eigenvalue weighted by molar-refractivity contribution is 0.343. The molecule has 1 heterocycles. The van der Waals surface area contributed by atoms with Gasteiger partial charge in [0.15, 0.2) is 4.34 Å². The molecule has 7 nitrogen and oxygen atoms in total. The number of benzene rings is 2. The zero-order valence-electron chi connectivity index (χ0n) is 16.1. The Labute approximate surface area is 178 Å². The van der Waals surface area contributed by atoms with Crippen molar-refractivity contribution in [2.24, 2.45) is 5.14 Å². The normalized spacial score (nSPS) is 11.4. The molecule has 0 amide bonds. The Hall–Kier alpha value is -2.14. The zero-order chi connectivity index (χ0) is 20.9. The molecule has 0 radical (unpaired) electrons. The van der Waals surface area contributed by atoms with Gasteiger partial charge in [-0.15, -0.1) is 10.2 Å². The summed E-state index contributed by atoms with van der Waals surface area (Å²) in [6.45, 7) is 4.66. The minimum Gasteiger partial charge on any atom is -0.493 e. The topological polar surface area (TPSA) is 107 Å². The van der Waals surface area contributed by atoms with Crippen LogP contribution in [0.5, 0.6) is 5.75 Å². The monoisotopic (exact) mass is 450 g/mol. The number of para-hydroxylation sites is 1. The Bertz CT molecular complexity index is 1070. The van der Waals surface area contributed by atoms with Crippen molar-refractivity contribution in [3.05, 3.63) is 53.6 Å². The molecular formula is C19H22N4O3S3. The number of hydrogen-bond donors (Lipinski definition) is 2. The van der Waals surface area contributed by atoms with Crippen molar-refractivity contribution in [3.8, 4) is 5.75 Å². The lowest BCUT2D eigenvalue weighted by Crippen LogP contribution is -2.11. The third-order valence-corrected chi connectivity index (χ3v) is 6.97. The fraction of sp³-hybridized carbons (Fsp3) is 0.263. The van der Waals surface area contributed by atoms with Crippen molar-refractivity contribution in [1.82, 2.24) is 10.2 Å². The molecule has 10 heteroatoms. The smallest absolute Gasteiger partial charge is 0.238 e. The van der Waals surface area contributed by atoms with E-state index in [1.54, 1.807) is 23.9 Å². The maximum Gasteiger partial charge on any atom is 0.238 e. The van der Waals surface area contributed by atoms with Crippen molar-refractivity contribution in [1.29, 1.82) is 0 Å². The summed E-state index contributed by atoms with van der Waals surface area (Å²) in [7, 11) is -3.69. The van der Waals surface area contributed by atoms with Gasteiger partial charge in [-0.25, -0.2) is 13.6 Å². The third-order valence-electron chi connectivity index (χ3n) is 4.11. The van der Waals surface area contributed by atoms with Gasteiger partial charge in [0, 0.05) is 11.4 Å². The summed E-state index contributed by atoms with van der Waals surface area (Å²) in [6, 6.07) is 12.3. The van der Waals surface area contributed by atoms with Crippen LogP contribution in [0.4, 0.5) is 10.8 Å². The van der Waals surface area contributed by atoms with E-state index in [0.29, 0.717) is 18.1 Å². The minimum absolute atomic E-state index is 0.0630. The number of anilines is 2. The summed E-state index contributed by atoms with van der Waals surface area (Å²) in [5, 5.41) is 17.7. The molecule has 0 saturated carbocycles. The number of aryl methyl sites for hydroxylation is 2. The Morgan fingerprint density at radius 1 is 1.17 bits per heavy atom. The third kappa shape index (κ3) is 5.92. The molecule has 0 atom stereocenters. The van der Waals surface area contributed by atoms with Crippen LogP contribution in [0.25, 0.3) is 0 Å². The number of nitrogens with one attached hydrogen (secondary N) is 1. The second kappa shape index (κ2) is 9.57. The summed E-state index contributed by atoms with van der Waals surface area (Å²) in [6.07, 6.45) is 0.944. The fourth-order valence-corrected chi connectivity index (χ4v) is 4.80. The highest BCUT2D eigenvalue weighted by atomic mass is 32.2. The largest absolute Gasteiger partial charge is 0.493 e.